The number of amides is 1. The van der Waals surface area contributed by atoms with Crippen LogP contribution in [0.4, 0.5) is 0 Å². The average molecular weight is 401 g/mol. The largest absolute Gasteiger partial charge is 0.492 e. The zero-order valence-corrected chi connectivity index (χ0v) is 17.2. The van der Waals surface area contributed by atoms with Gasteiger partial charge in [0.05, 0.1) is 0 Å². The second-order valence-corrected chi connectivity index (χ2v) is 7.90. The van der Waals surface area contributed by atoms with Crippen LogP contribution >= 0.6 is 0 Å². The van der Waals surface area contributed by atoms with Gasteiger partial charge in [0.15, 0.2) is 0 Å². The van der Waals surface area contributed by atoms with Crippen LogP contribution in [0.15, 0.2) is 78.9 Å². The predicted molar refractivity (Wildman–Crippen MR) is 120 cm³/mol. The summed E-state index contributed by atoms with van der Waals surface area (Å²) in [7, 11) is 0. The van der Waals surface area contributed by atoms with Crippen molar-refractivity contribution in [2.24, 2.45) is 5.73 Å². The highest BCUT2D eigenvalue weighted by Crippen LogP contribution is 2.28. The number of fused-ring (bicyclic) bond motifs is 1. The predicted octanol–water partition coefficient (Wildman–Crippen LogP) is 4.22. The summed E-state index contributed by atoms with van der Waals surface area (Å²) in [5.41, 5.74) is 9.74. The van der Waals surface area contributed by atoms with Gasteiger partial charge in [0.1, 0.15) is 12.4 Å². The summed E-state index contributed by atoms with van der Waals surface area (Å²) >= 11 is 0. The Bertz CT molecular complexity index is 973. The minimum Gasteiger partial charge on any atom is -0.492 e. The molecule has 2 N–H and O–H groups in total. The van der Waals surface area contributed by atoms with Crippen molar-refractivity contribution in [3.63, 3.8) is 0 Å². The topological polar surface area (TPSA) is 55.6 Å². The first-order valence-corrected chi connectivity index (χ1v) is 10.6. The second-order valence-electron chi connectivity index (χ2n) is 7.90. The van der Waals surface area contributed by atoms with E-state index in [4.69, 9.17) is 10.5 Å². The van der Waals surface area contributed by atoms with E-state index in [0.717, 1.165) is 43.7 Å². The van der Waals surface area contributed by atoms with Crippen molar-refractivity contribution >= 4 is 5.91 Å². The van der Waals surface area contributed by atoms with E-state index in [0.29, 0.717) is 12.2 Å². The van der Waals surface area contributed by atoms with Gasteiger partial charge >= 0.3 is 0 Å². The molecular formula is C26H28N2O2. The lowest BCUT2D eigenvalue weighted by Gasteiger charge is -2.35. The van der Waals surface area contributed by atoms with Crippen molar-refractivity contribution in [2.45, 2.75) is 31.8 Å². The van der Waals surface area contributed by atoms with Crippen LogP contribution in [0.5, 0.6) is 5.75 Å². The molecule has 1 aliphatic heterocycles. The van der Waals surface area contributed by atoms with Gasteiger partial charge in [-0.3, -0.25) is 9.69 Å². The highest BCUT2D eigenvalue weighted by molar-refractivity contribution is 5.93. The monoisotopic (exact) mass is 400 g/mol. The highest BCUT2D eigenvalue weighted by Gasteiger charge is 2.26. The van der Waals surface area contributed by atoms with Gasteiger partial charge in [-0.05, 0) is 60.7 Å². The summed E-state index contributed by atoms with van der Waals surface area (Å²) < 4.78 is 6.06. The Morgan fingerprint density at radius 2 is 1.67 bits per heavy atom. The zero-order valence-electron chi connectivity index (χ0n) is 17.2. The normalized spacial score (nSPS) is 15.4. The van der Waals surface area contributed by atoms with Crippen molar-refractivity contribution in [1.29, 1.82) is 0 Å². The molecule has 0 unspecified atom stereocenters. The SMILES string of the molecule is NC(=O)c1ccc2c(c1)C[C@H](N(CCCc1ccccc1)Cc1ccccc1)CO2. The van der Waals surface area contributed by atoms with Crippen LogP contribution in [0, 0.1) is 0 Å². The number of benzene rings is 3. The third-order valence-electron chi connectivity index (χ3n) is 5.73. The third-order valence-corrected chi connectivity index (χ3v) is 5.73. The summed E-state index contributed by atoms with van der Waals surface area (Å²) in [4.78, 5) is 14.1. The summed E-state index contributed by atoms with van der Waals surface area (Å²) in [6.45, 7) is 2.53. The quantitative estimate of drug-likeness (QED) is 0.616. The summed E-state index contributed by atoms with van der Waals surface area (Å²) in [6.07, 6.45) is 3.00. The van der Waals surface area contributed by atoms with E-state index in [9.17, 15) is 4.79 Å². The zero-order chi connectivity index (χ0) is 20.8. The van der Waals surface area contributed by atoms with Crippen LogP contribution in [0.2, 0.25) is 0 Å². The molecule has 30 heavy (non-hydrogen) atoms. The maximum Gasteiger partial charge on any atom is 0.248 e. The Morgan fingerprint density at radius 1 is 0.967 bits per heavy atom. The van der Waals surface area contributed by atoms with E-state index < -0.39 is 5.91 Å². The average Bonchev–Trinajstić information content (AvgIpc) is 2.79. The molecule has 0 aliphatic carbocycles. The van der Waals surface area contributed by atoms with Gasteiger partial charge in [-0.25, -0.2) is 0 Å². The van der Waals surface area contributed by atoms with E-state index >= 15 is 0 Å². The van der Waals surface area contributed by atoms with Crippen LogP contribution in [0.3, 0.4) is 0 Å². The minimum absolute atomic E-state index is 0.261. The van der Waals surface area contributed by atoms with Crippen molar-refractivity contribution in [1.82, 2.24) is 4.90 Å². The number of hydrogen-bond acceptors (Lipinski definition) is 3. The molecule has 1 aliphatic rings. The highest BCUT2D eigenvalue weighted by atomic mass is 16.5. The molecule has 0 saturated heterocycles. The van der Waals surface area contributed by atoms with Crippen molar-refractivity contribution in [3.05, 3.63) is 101 Å². The van der Waals surface area contributed by atoms with Gasteiger partial charge in [0.2, 0.25) is 5.91 Å². The Morgan fingerprint density at radius 3 is 2.37 bits per heavy atom. The number of carbonyl (C=O) groups is 1. The van der Waals surface area contributed by atoms with E-state index in [1.807, 2.05) is 12.1 Å². The standard InChI is InChI=1S/C26H28N2O2/c27-26(29)22-13-14-25-23(16-22)17-24(19-30-25)28(18-21-10-5-2-6-11-21)15-7-12-20-8-3-1-4-9-20/h1-6,8-11,13-14,16,24H,7,12,15,17-19H2,(H2,27,29)/t24-/m0/s1. The number of primary amides is 1. The molecule has 1 heterocycles. The molecule has 1 atom stereocenters. The van der Waals surface area contributed by atoms with E-state index in [2.05, 4.69) is 65.6 Å². The van der Waals surface area contributed by atoms with Crippen molar-refractivity contribution < 1.29 is 9.53 Å². The molecule has 3 aromatic carbocycles. The lowest BCUT2D eigenvalue weighted by atomic mass is 9.98. The molecule has 0 aromatic heterocycles. The fourth-order valence-corrected chi connectivity index (χ4v) is 4.11. The molecular weight excluding hydrogens is 372 g/mol. The first kappa shape index (κ1) is 20.2. The molecule has 1 amide bonds. The van der Waals surface area contributed by atoms with Crippen LogP contribution in [-0.2, 0) is 19.4 Å². The maximum absolute atomic E-state index is 11.6. The lowest BCUT2D eigenvalue weighted by Crippen LogP contribution is -2.43. The number of carbonyl (C=O) groups excluding carboxylic acids is 1. The van der Waals surface area contributed by atoms with Crippen molar-refractivity contribution in [3.8, 4) is 5.75 Å². The van der Waals surface area contributed by atoms with Crippen molar-refractivity contribution in [2.75, 3.05) is 13.2 Å². The Hall–Kier alpha value is -3.11. The lowest BCUT2D eigenvalue weighted by molar-refractivity contribution is 0.0998. The van der Waals surface area contributed by atoms with Crippen LogP contribution < -0.4 is 10.5 Å². The number of nitrogens with two attached hydrogens (primary N) is 1. The summed E-state index contributed by atoms with van der Waals surface area (Å²) in [5.74, 6) is 0.462. The van der Waals surface area contributed by atoms with Crippen LogP contribution in [-0.4, -0.2) is 30.0 Å². The first-order chi connectivity index (χ1) is 14.7. The molecule has 4 rings (SSSR count). The Kier molecular flexibility index (Phi) is 6.45. The Labute approximate surface area is 178 Å². The van der Waals surface area contributed by atoms with Gasteiger partial charge in [-0.2, -0.15) is 0 Å². The van der Waals surface area contributed by atoms with Gasteiger partial charge in [0.25, 0.3) is 0 Å². The van der Waals surface area contributed by atoms with Gasteiger partial charge in [0, 0.05) is 18.2 Å². The molecule has 154 valence electrons. The first-order valence-electron chi connectivity index (χ1n) is 10.6. The van der Waals surface area contributed by atoms with E-state index in [1.54, 1.807) is 6.07 Å². The molecule has 0 spiro atoms. The van der Waals surface area contributed by atoms with Crippen LogP contribution in [0.25, 0.3) is 0 Å². The number of aryl methyl sites for hydroxylation is 1. The van der Waals surface area contributed by atoms with E-state index in [1.165, 1.54) is 11.1 Å². The molecule has 4 nitrogen and oxygen atoms in total. The molecule has 3 aromatic rings. The molecule has 0 fully saturated rings. The number of ether oxygens (including phenoxy) is 1. The minimum atomic E-state index is -0.399. The number of nitrogens with zero attached hydrogens (tertiary/aromatic N) is 1. The smallest absolute Gasteiger partial charge is 0.248 e. The maximum atomic E-state index is 11.6. The van der Waals surface area contributed by atoms with Gasteiger partial charge in [-0.15, -0.1) is 0 Å². The molecule has 4 heteroatoms. The summed E-state index contributed by atoms with van der Waals surface area (Å²) in [5, 5.41) is 0. The van der Waals surface area contributed by atoms with Gasteiger partial charge in [-0.1, -0.05) is 60.7 Å². The van der Waals surface area contributed by atoms with Gasteiger partial charge < -0.3 is 10.5 Å². The van der Waals surface area contributed by atoms with Crippen LogP contribution in [0.1, 0.15) is 33.5 Å². The third kappa shape index (κ3) is 5.08. The molecule has 0 radical (unpaired) electrons. The van der Waals surface area contributed by atoms with E-state index in [-0.39, 0.29) is 6.04 Å². The Balaban J connectivity index is 1.48. The number of hydrogen-bond donors (Lipinski definition) is 1. The summed E-state index contributed by atoms with van der Waals surface area (Å²) in [6, 6.07) is 26.9. The fraction of sp³-hybridized carbons (Fsp3) is 0.269. The second kappa shape index (κ2) is 9.59. The molecule has 0 saturated carbocycles. The molecule has 0 bridgehead atoms. The fourth-order valence-electron chi connectivity index (χ4n) is 4.11. The number of rotatable bonds is 8.